The number of hydrazone groups is 1. The van der Waals surface area contributed by atoms with Crippen molar-refractivity contribution < 1.29 is 14.6 Å². The molecule has 6 nitrogen and oxygen atoms in total. The van der Waals surface area contributed by atoms with E-state index in [0.29, 0.717) is 33.6 Å². The van der Waals surface area contributed by atoms with E-state index in [2.05, 4.69) is 26.5 Å². The lowest BCUT2D eigenvalue weighted by Crippen LogP contribution is -2.19. The molecule has 0 heterocycles. The van der Waals surface area contributed by atoms with Crippen molar-refractivity contribution in [2.24, 2.45) is 5.10 Å². The third-order valence-corrected chi connectivity index (χ3v) is 3.54. The van der Waals surface area contributed by atoms with Gasteiger partial charge in [0.15, 0.2) is 11.5 Å². The van der Waals surface area contributed by atoms with Gasteiger partial charge in [-0.3, -0.25) is 4.79 Å². The second-order valence-electron chi connectivity index (χ2n) is 4.57. The number of amides is 1. The number of phenols is 1. The smallest absolute Gasteiger partial charge is 0.273 e. The van der Waals surface area contributed by atoms with Gasteiger partial charge in [0.1, 0.15) is 0 Å². The van der Waals surface area contributed by atoms with Crippen LogP contribution in [0.1, 0.15) is 22.8 Å². The van der Waals surface area contributed by atoms with Crippen molar-refractivity contribution in [1.29, 1.82) is 0 Å². The van der Waals surface area contributed by atoms with Crippen molar-refractivity contribution in [3.05, 3.63) is 52.0 Å². The van der Waals surface area contributed by atoms with Gasteiger partial charge >= 0.3 is 0 Å². The molecule has 0 aliphatic carbocycles. The fourth-order valence-electron chi connectivity index (χ4n) is 1.86. The summed E-state index contributed by atoms with van der Waals surface area (Å²) in [6, 6.07) is 10.0. The Balaban J connectivity index is 2.12. The van der Waals surface area contributed by atoms with Gasteiger partial charge in [-0.2, -0.15) is 5.10 Å². The first-order valence-corrected chi connectivity index (χ1v) is 7.65. The van der Waals surface area contributed by atoms with E-state index in [9.17, 15) is 9.90 Å². The van der Waals surface area contributed by atoms with Crippen molar-refractivity contribution in [1.82, 2.24) is 5.43 Å². The molecule has 120 valence electrons. The first-order chi connectivity index (χ1) is 11.0. The molecule has 7 heteroatoms. The van der Waals surface area contributed by atoms with Crippen LogP contribution in [-0.4, -0.2) is 23.8 Å². The third-order valence-electron chi connectivity index (χ3n) is 2.94. The van der Waals surface area contributed by atoms with E-state index in [4.69, 9.17) is 10.5 Å². The number of nitrogens with one attached hydrogen (secondary N) is 1. The molecule has 0 fully saturated rings. The SMILES string of the molecule is CCOc1cc(/C=N\NC(=O)c2ccccc2N)cc(Br)c1O. The van der Waals surface area contributed by atoms with Crippen LogP contribution >= 0.6 is 15.9 Å². The first kappa shape index (κ1) is 16.8. The largest absolute Gasteiger partial charge is 0.503 e. The van der Waals surface area contributed by atoms with Gasteiger partial charge in [-0.15, -0.1) is 0 Å². The number of hydrogen-bond acceptors (Lipinski definition) is 5. The summed E-state index contributed by atoms with van der Waals surface area (Å²) < 4.78 is 5.80. The topological polar surface area (TPSA) is 96.9 Å². The van der Waals surface area contributed by atoms with Gasteiger partial charge in [0.25, 0.3) is 5.91 Å². The fourth-order valence-corrected chi connectivity index (χ4v) is 2.32. The number of phenolic OH excluding ortho intramolecular Hbond substituents is 1. The van der Waals surface area contributed by atoms with E-state index in [1.165, 1.54) is 6.21 Å². The molecule has 4 N–H and O–H groups in total. The van der Waals surface area contributed by atoms with Crippen LogP contribution < -0.4 is 15.9 Å². The van der Waals surface area contributed by atoms with E-state index in [1.807, 2.05) is 6.92 Å². The highest BCUT2D eigenvalue weighted by Gasteiger charge is 2.09. The van der Waals surface area contributed by atoms with Gasteiger partial charge < -0.3 is 15.6 Å². The summed E-state index contributed by atoms with van der Waals surface area (Å²) in [5, 5.41) is 13.7. The van der Waals surface area contributed by atoms with Crippen LogP contribution in [0.15, 0.2) is 46.0 Å². The predicted octanol–water partition coefficient (Wildman–Crippen LogP) is 2.90. The highest BCUT2D eigenvalue weighted by Crippen LogP contribution is 2.35. The van der Waals surface area contributed by atoms with Crippen molar-refractivity contribution in [3.63, 3.8) is 0 Å². The molecule has 23 heavy (non-hydrogen) atoms. The number of nitrogens with two attached hydrogens (primary N) is 1. The van der Waals surface area contributed by atoms with Gasteiger partial charge in [-0.25, -0.2) is 5.43 Å². The number of carbonyl (C=O) groups is 1. The Morgan fingerprint density at radius 3 is 2.87 bits per heavy atom. The number of para-hydroxylation sites is 1. The summed E-state index contributed by atoms with van der Waals surface area (Å²) >= 11 is 3.24. The Hall–Kier alpha value is -2.54. The van der Waals surface area contributed by atoms with Gasteiger partial charge in [0, 0.05) is 5.69 Å². The second kappa shape index (κ2) is 7.64. The molecule has 0 atom stereocenters. The lowest BCUT2D eigenvalue weighted by Gasteiger charge is -2.08. The summed E-state index contributed by atoms with van der Waals surface area (Å²) in [5.74, 6) is -0.0470. The molecule has 0 unspecified atom stereocenters. The molecule has 0 aliphatic heterocycles. The Labute approximate surface area is 142 Å². The summed E-state index contributed by atoms with van der Waals surface area (Å²) in [7, 11) is 0. The molecule has 0 aromatic heterocycles. The van der Waals surface area contributed by atoms with Gasteiger partial charge in [0.2, 0.25) is 0 Å². The molecule has 2 aromatic rings. The Morgan fingerprint density at radius 1 is 1.43 bits per heavy atom. The maximum absolute atomic E-state index is 12.0. The van der Waals surface area contributed by atoms with E-state index in [-0.39, 0.29) is 5.75 Å². The lowest BCUT2D eigenvalue weighted by atomic mass is 10.2. The minimum atomic E-state index is -0.401. The molecule has 1 amide bonds. The minimum Gasteiger partial charge on any atom is -0.503 e. The van der Waals surface area contributed by atoms with Crippen LogP contribution in [-0.2, 0) is 0 Å². The average Bonchev–Trinajstić information content (AvgIpc) is 2.52. The molecule has 0 saturated heterocycles. The van der Waals surface area contributed by atoms with Crippen LogP contribution in [0.5, 0.6) is 11.5 Å². The van der Waals surface area contributed by atoms with E-state index < -0.39 is 5.91 Å². The normalized spacial score (nSPS) is 10.7. The number of ether oxygens (including phenoxy) is 1. The molecule has 0 aliphatic rings. The monoisotopic (exact) mass is 377 g/mol. The Kier molecular flexibility index (Phi) is 5.59. The Morgan fingerprint density at radius 2 is 2.17 bits per heavy atom. The zero-order chi connectivity index (χ0) is 16.8. The van der Waals surface area contributed by atoms with Crippen LogP contribution in [0.3, 0.4) is 0 Å². The highest BCUT2D eigenvalue weighted by molar-refractivity contribution is 9.10. The maximum atomic E-state index is 12.0. The van der Waals surface area contributed by atoms with Crippen LogP contribution in [0.25, 0.3) is 0 Å². The fraction of sp³-hybridized carbons (Fsp3) is 0.125. The zero-order valence-corrected chi connectivity index (χ0v) is 14.0. The minimum absolute atomic E-state index is 0.0186. The molecule has 2 aromatic carbocycles. The number of benzene rings is 2. The van der Waals surface area contributed by atoms with Crippen molar-refractivity contribution in [3.8, 4) is 11.5 Å². The van der Waals surface area contributed by atoms with E-state index in [1.54, 1.807) is 36.4 Å². The van der Waals surface area contributed by atoms with E-state index in [0.717, 1.165) is 0 Å². The number of rotatable bonds is 5. The molecular formula is C16H16BrN3O3. The summed E-state index contributed by atoms with van der Waals surface area (Å²) in [5.41, 5.74) is 9.52. The van der Waals surface area contributed by atoms with Crippen molar-refractivity contribution in [2.45, 2.75) is 6.92 Å². The van der Waals surface area contributed by atoms with E-state index >= 15 is 0 Å². The summed E-state index contributed by atoms with van der Waals surface area (Å²) in [6.07, 6.45) is 1.45. The second-order valence-corrected chi connectivity index (χ2v) is 5.42. The van der Waals surface area contributed by atoms with Crippen LogP contribution in [0.4, 0.5) is 5.69 Å². The number of halogens is 1. The van der Waals surface area contributed by atoms with Gasteiger partial charge in [-0.1, -0.05) is 12.1 Å². The number of anilines is 1. The van der Waals surface area contributed by atoms with Crippen LogP contribution in [0.2, 0.25) is 0 Å². The predicted molar refractivity (Wildman–Crippen MR) is 92.9 cm³/mol. The lowest BCUT2D eigenvalue weighted by molar-refractivity contribution is 0.0956. The molecule has 0 radical (unpaired) electrons. The molecule has 0 bridgehead atoms. The molecule has 0 saturated carbocycles. The molecular weight excluding hydrogens is 362 g/mol. The molecule has 0 spiro atoms. The van der Waals surface area contributed by atoms with Crippen LogP contribution in [0, 0.1) is 0 Å². The third kappa shape index (κ3) is 4.23. The highest BCUT2D eigenvalue weighted by atomic mass is 79.9. The maximum Gasteiger partial charge on any atom is 0.273 e. The standard InChI is InChI=1S/C16H16BrN3O3/c1-2-23-14-8-10(7-12(17)15(14)21)9-19-20-16(22)11-5-3-4-6-13(11)18/h3-9,21H,2,18H2,1H3,(H,20,22)/b19-9-. The number of hydrogen-bond donors (Lipinski definition) is 3. The van der Waals surface area contributed by atoms with Crippen molar-refractivity contribution >= 4 is 33.7 Å². The Bertz CT molecular complexity index is 747. The summed E-state index contributed by atoms with van der Waals surface area (Å²) in [6.45, 7) is 2.24. The zero-order valence-electron chi connectivity index (χ0n) is 12.4. The number of nitrogen functional groups attached to an aromatic ring is 1. The van der Waals surface area contributed by atoms with Crippen molar-refractivity contribution in [2.75, 3.05) is 12.3 Å². The average molecular weight is 378 g/mol. The number of nitrogens with zero attached hydrogens (tertiary/aromatic N) is 1. The summed E-state index contributed by atoms with van der Waals surface area (Å²) in [4.78, 5) is 12.0. The number of carbonyl (C=O) groups excluding carboxylic acids is 1. The molecule has 2 rings (SSSR count). The number of aromatic hydroxyl groups is 1. The van der Waals surface area contributed by atoms with Gasteiger partial charge in [-0.05, 0) is 52.7 Å². The first-order valence-electron chi connectivity index (χ1n) is 6.86. The van der Waals surface area contributed by atoms with Gasteiger partial charge in [0.05, 0.1) is 22.9 Å². The quantitative estimate of drug-likeness (QED) is 0.423.